The van der Waals surface area contributed by atoms with E-state index in [1.54, 1.807) is 6.92 Å². The molecule has 3 N–H and O–H groups in total. The first-order chi connectivity index (χ1) is 8.20. The lowest BCUT2D eigenvalue weighted by molar-refractivity contribution is 0.0811. The summed E-state index contributed by atoms with van der Waals surface area (Å²) >= 11 is 0. The zero-order valence-corrected chi connectivity index (χ0v) is 10.5. The van der Waals surface area contributed by atoms with Gasteiger partial charge < -0.3 is 15.6 Å². The predicted molar refractivity (Wildman–Crippen MR) is 68.6 cm³/mol. The molecule has 0 amide bonds. The third-order valence-electron chi connectivity index (χ3n) is 3.51. The Morgan fingerprint density at radius 1 is 1.65 bits per heavy atom. The maximum atomic E-state index is 7.69. The van der Waals surface area contributed by atoms with Crippen LogP contribution >= 0.6 is 0 Å². The molecule has 2 aliphatic rings. The van der Waals surface area contributed by atoms with Crippen LogP contribution in [0.4, 0.5) is 0 Å². The van der Waals surface area contributed by atoms with Crippen LogP contribution < -0.4 is 10.8 Å². The summed E-state index contributed by atoms with van der Waals surface area (Å²) < 4.78 is 0. The molecule has 4 nitrogen and oxygen atoms in total. The maximum Gasteiger partial charge on any atom is 0.126 e. The highest BCUT2D eigenvalue weighted by Gasteiger charge is 2.30. The average molecular weight is 235 g/mol. The number of hydroxylamine groups is 1. The first kappa shape index (κ1) is 12.2. The van der Waals surface area contributed by atoms with Crippen LogP contribution in [0.2, 0.25) is 0 Å². The Balaban J connectivity index is 1.94. The summed E-state index contributed by atoms with van der Waals surface area (Å²) in [4.78, 5) is 5.50. The lowest BCUT2D eigenvalue weighted by atomic mass is 9.80. The molecule has 0 spiro atoms. The van der Waals surface area contributed by atoms with Gasteiger partial charge in [0.05, 0.1) is 6.04 Å². The molecule has 1 heterocycles. The number of nitrogens with one attached hydrogen (secondary N) is 3. The van der Waals surface area contributed by atoms with Crippen LogP contribution in [0.3, 0.4) is 0 Å². The minimum atomic E-state index is 0.376. The Labute approximate surface area is 103 Å². The van der Waals surface area contributed by atoms with E-state index in [9.17, 15) is 0 Å². The normalized spacial score (nSPS) is 24.9. The van der Waals surface area contributed by atoms with Crippen molar-refractivity contribution in [3.05, 3.63) is 23.6 Å². The largest absolute Gasteiger partial charge is 0.413 e. The molecule has 94 valence electrons. The fourth-order valence-electron chi connectivity index (χ4n) is 2.19. The van der Waals surface area contributed by atoms with E-state index >= 15 is 0 Å². The van der Waals surface area contributed by atoms with Crippen LogP contribution in [-0.4, -0.2) is 18.8 Å². The maximum absolute atomic E-state index is 7.69. The summed E-state index contributed by atoms with van der Waals surface area (Å²) in [7, 11) is 1.85. The zero-order chi connectivity index (χ0) is 12.3. The summed E-state index contributed by atoms with van der Waals surface area (Å²) in [5.41, 5.74) is 4.63. The Bertz CT molecular complexity index is 356. The van der Waals surface area contributed by atoms with Crippen molar-refractivity contribution in [1.82, 2.24) is 10.8 Å². The van der Waals surface area contributed by atoms with Gasteiger partial charge in [-0.3, -0.25) is 0 Å². The van der Waals surface area contributed by atoms with Crippen LogP contribution in [0.5, 0.6) is 0 Å². The van der Waals surface area contributed by atoms with Gasteiger partial charge in [0.25, 0.3) is 0 Å². The van der Waals surface area contributed by atoms with Crippen molar-refractivity contribution in [3.8, 4) is 0 Å². The second-order valence-electron chi connectivity index (χ2n) is 4.83. The number of hydrogen-bond acceptors (Lipinski definition) is 4. The molecule has 4 heteroatoms. The molecule has 1 atom stereocenters. The average Bonchev–Trinajstić information content (AvgIpc) is 2.63. The lowest BCUT2D eigenvalue weighted by Gasteiger charge is -2.28. The zero-order valence-electron chi connectivity index (χ0n) is 10.5. The molecule has 1 aliphatic carbocycles. The van der Waals surface area contributed by atoms with E-state index in [-0.39, 0.29) is 0 Å². The van der Waals surface area contributed by atoms with Gasteiger partial charge in [-0.1, -0.05) is 6.42 Å². The molecule has 0 bridgehead atoms. The van der Waals surface area contributed by atoms with Gasteiger partial charge >= 0.3 is 0 Å². The minimum Gasteiger partial charge on any atom is -0.413 e. The number of hydrogen-bond donors (Lipinski definition) is 3. The van der Waals surface area contributed by atoms with Crippen molar-refractivity contribution in [3.63, 3.8) is 0 Å². The Morgan fingerprint density at radius 3 is 2.94 bits per heavy atom. The van der Waals surface area contributed by atoms with Crippen LogP contribution in [0.1, 0.15) is 32.6 Å². The van der Waals surface area contributed by atoms with Crippen molar-refractivity contribution in [2.24, 2.45) is 5.92 Å². The van der Waals surface area contributed by atoms with Gasteiger partial charge in [-0.25, -0.2) is 0 Å². The Hall–Kier alpha value is -1.29. The monoisotopic (exact) mass is 235 g/mol. The molecule has 0 aromatic carbocycles. The molecule has 1 saturated carbocycles. The van der Waals surface area contributed by atoms with Gasteiger partial charge in [0.15, 0.2) is 0 Å². The van der Waals surface area contributed by atoms with Crippen LogP contribution in [0.15, 0.2) is 23.6 Å². The quantitative estimate of drug-likeness (QED) is 0.640. The van der Waals surface area contributed by atoms with Crippen LogP contribution in [0, 0.1) is 11.3 Å². The second kappa shape index (κ2) is 5.36. The second-order valence-corrected chi connectivity index (χ2v) is 4.83. The Kier molecular flexibility index (Phi) is 3.84. The van der Waals surface area contributed by atoms with Crippen molar-refractivity contribution in [2.75, 3.05) is 7.05 Å². The van der Waals surface area contributed by atoms with E-state index in [1.807, 2.05) is 13.2 Å². The predicted octanol–water partition coefficient (Wildman–Crippen LogP) is 2.11. The molecule has 2 rings (SSSR count). The first-order valence-electron chi connectivity index (χ1n) is 6.25. The van der Waals surface area contributed by atoms with E-state index in [0.29, 0.717) is 18.2 Å². The summed E-state index contributed by atoms with van der Waals surface area (Å²) in [5, 5.41) is 10.7. The molecule has 0 aromatic heterocycles. The van der Waals surface area contributed by atoms with Crippen LogP contribution in [0.25, 0.3) is 0 Å². The van der Waals surface area contributed by atoms with E-state index in [0.717, 1.165) is 17.3 Å². The molecule has 1 fully saturated rings. The van der Waals surface area contributed by atoms with Crippen molar-refractivity contribution in [2.45, 2.75) is 38.6 Å². The smallest absolute Gasteiger partial charge is 0.126 e. The third-order valence-corrected chi connectivity index (χ3v) is 3.51. The topological polar surface area (TPSA) is 57.1 Å². The van der Waals surface area contributed by atoms with E-state index in [4.69, 9.17) is 10.2 Å². The van der Waals surface area contributed by atoms with Gasteiger partial charge in [0, 0.05) is 25.4 Å². The van der Waals surface area contributed by atoms with Gasteiger partial charge in [-0.2, -0.15) is 0 Å². The van der Waals surface area contributed by atoms with E-state index in [1.165, 1.54) is 19.3 Å². The molecule has 0 radical (unpaired) electrons. The summed E-state index contributed by atoms with van der Waals surface area (Å²) in [6, 6.07) is 0.376. The first-order valence-corrected chi connectivity index (χ1v) is 6.25. The standard InChI is InChI=1S/C13H21N3O/c1-9(14)11(8-15-2)6-12-7-13(16-17-12)10-4-3-5-10/h7-8,10,13-16H,3-6H2,1-2H3/b11-8-,14-9?. The summed E-state index contributed by atoms with van der Waals surface area (Å²) in [6.07, 6.45) is 8.67. The number of rotatable bonds is 5. The highest BCUT2D eigenvalue weighted by molar-refractivity contribution is 5.95. The highest BCUT2D eigenvalue weighted by Crippen LogP contribution is 2.33. The van der Waals surface area contributed by atoms with Crippen LogP contribution in [-0.2, 0) is 4.84 Å². The molecule has 17 heavy (non-hydrogen) atoms. The third kappa shape index (κ3) is 2.88. The molecule has 0 saturated heterocycles. The Morgan fingerprint density at radius 2 is 2.41 bits per heavy atom. The molecule has 1 aliphatic heterocycles. The van der Waals surface area contributed by atoms with Gasteiger partial charge in [-0.15, -0.1) is 5.48 Å². The summed E-state index contributed by atoms with van der Waals surface area (Å²) in [5.74, 6) is 1.68. The van der Waals surface area contributed by atoms with Gasteiger partial charge in [-0.05, 0) is 37.3 Å². The molecular weight excluding hydrogens is 214 g/mol. The van der Waals surface area contributed by atoms with Crippen molar-refractivity contribution in [1.29, 1.82) is 5.41 Å². The van der Waals surface area contributed by atoms with Gasteiger partial charge in [0.1, 0.15) is 5.76 Å². The van der Waals surface area contributed by atoms with E-state index in [2.05, 4.69) is 16.9 Å². The highest BCUT2D eigenvalue weighted by atomic mass is 16.7. The molecule has 1 unspecified atom stereocenters. The molecular formula is C13H21N3O. The van der Waals surface area contributed by atoms with Gasteiger partial charge in [0.2, 0.25) is 0 Å². The number of allylic oxidation sites excluding steroid dienone is 1. The van der Waals surface area contributed by atoms with E-state index < -0.39 is 0 Å². The van der Waals surface area contributed by atoms with Crippen molar-refractivity contribution < 1.29 is 4.84 Å². The molecule has 0 aromatic rings. The lowest BCUT2D eigenvalue weighted by Crippen LogP contribution is -2.33. The summed E-state index contributed by atoms with van der Waals surface area (Å²) in [6.45, 7) is 1.80. The fourth-order valence-corrected chi connectivity index (χ4v) is 2.19. The van der Waals surface area contributed by atoms with Crippen molar-refractivity contribution >= 4 is 5.71 Å². The SMILES string of the molecule is CN/C=C(/CC1=CC(C2CCC2)NO1)C(C)=N. The minimum absolute atomic E-state index is 0.376. The fraction of sp³-hybridized carbons (Fsp3) is 0.615.